The fraction of sp³-hybridized carbons (Fsp3) is 0.190. The van der Waals surface area contributed by atoms with Gasteiger partial charge in [0.2, 0.25) is 0 Å². The van der Waals surface area contributed by atoms with Crippen molar-refractivity contribution in [2.24, 2.45) is 0 Å². The number of carbonyl (C=O) groups is 3. The van der Waals surface area contributed by atoms with Crippen LogP contribution in [0.15, 0.2) is 52.5 Å². The Kier molecular flexibility index (Phi) is 6.41. The number of carboxylic acid groups (broad SMARTS) is 1. The highest BCUT2D eigenvalue weighted by atomic mass is 79.9. The van der Waals surface area contributed by atoms with Crippen LogP contribution in [0.4, 0.5) is 5.69 Å². The van der Waals surface area contributed by atoms with Gasteiger partial charge < -0.3 is 14.6 Å². The van der Waals surface area contributed by atoms with Gasteiger partial charge in [0, 0.05) is 0 Å². The number of carbonyl (C=O) groups excluding carboxylic acids is 2. The molecule has 8 nitrogen and oxygen atoms in total. The summed E-state index contributed by atoms with van der Waals surface area (Å²) in [5.41, 5.74) is 3.55. The second kappa shape index (κ2) is 9.00. The van der Waals surface area contributed by atoms with E-state index in [0.717, 1.165) is 0 Å². The molecule has 156 valence electrons. The number of nitrogens with zero attached hydrogens (tertiary/aromatic N) is 1. The Morgan fingerprint density at radius 1 is 1.27 bits per heavy atom. The minimum atomic E-state index is -1.12. The van der Waals surface area contributed by atoms with E-state index in [0.29, 0.717) is 22.3 Å². The van der Waals surface area contributed by atoms with E-state index in [2.05, 4.69) is 21.4 Å². The maximum Gasteiger partial charge on any atom is 0.344 e. The van der Waals surface area contributed by atoms with Gasteiger partial charge in [-0.2, -0.15) is 0 Å². The number of hydrogen-bond donors (Lipinski definition) is 2. The van der Waals surface area contributed by atoms with E-state index >= 15 is 0 Å². The third kappa shape index (κ3) is 4.46. The highest BCUT2D eigenvalue weighted by molar-refractivity contribution is 9.10. The average Bonchev–Trinajstić information content (AvgIpc) is 2.99. The molecule has 0 radical (unpaired) electrons. The third-order valence-electron chi connectivity index (χ3n) is 4.19. The third-order valence-corrected chi connectivity index (χ3v) is 4.78. The number of carboxylic acids is 1. The zero-order valence-electron chi connectivity index (χ0n) is 16.2. The topological polar surface area (TPSA) is 105 Å². The normalized spacial score (nSPS) is 15.8. The SMILES string of the molecule is CCOc1cc(C=C2C(=O)NN(c3ccccc3)C2=O)cc(Br)c1OC(C)C(=O)O. The molecule has 0 saturated carbocycles. The van der Waals surface area contributed by atoms with Gasteiger partial charge in [-0.1, -0.05) is 18.2 Å². The van der Waals surface area contributed by atoms with Crippen LogP contribution in [-0.4, -0.2) is 35.6 Å². The van der Waals surface area contributed by atoms with E-state index in [1.807, 2.05) is 6.07 Å². The number of nitrogens with one attached hydrogen (secondary N) is 1. The lowest BCUT2D eigenvalue weighted by Crippen LogP contribution is -2.35. The average molecular weight is 475 g/mol. The second-order valence-corrected chi connectivity index (χ2v) is 7.19. The van der Waals surface area contributed by atoms with E-state index < -0.39 is 23.9 Å². The first-order valence-electron chi connectivity index (χ1n) is 9.09. The quantitative estimate of drug-likeness (QED) is 0.471. The largest absolute Gasteiger partial charge is 0.490 e. The Morgan fingerprint density at radius 2 is 1.97 bits per heavy atom. The number of para-hydroxylation sites is 1. The van der Waals surface area contributed by atoms with Crippen LogP contribution in [0.2, 0.25) is 0 Å². The lowest BCUT2D eigenvalue weighted by atomic mass is 10.1. The molecule has 3 rings (SSSR count). The van der Waals surface area contributed by atoms with Crippen LogP contribution in [0.1, 0.15) is 19.4 Å². The highest BCUT2D eigenvalue weighted by Crippen LogP contribution is 2.38. The number of rotatable bonds is 7. The molecule has 2 amide bonds. The first-order chi connectivity index (χ1) is 14.3. The van der Waals surface area contributed by atoms with Crippen LogP contribution < -0.4 is 19.9 Å². The number of halogens is 1. The van der Waals surface area contributed by atoms with Crippen molar-refractivity contribution in [3.63, 3.8) is 0 Å². The lowest BCUT2D eigenvalue weighted by Gasteiger charge is -2.17. The smallest absolute Gasteiger partial charge is 0.344 e. The number of amides is 2. The minimum Gasteiger partial charge on any atom is -0.490 e. The van der Waals surface area contributed by atoms with Crippen molar-refractivity contribution in [3.8, 4) is 11.5 Å². The maximum atomic E-state index is 12.7. The van der Waals surface area contributed by atoms with Gasteiger partial charge in [-0.25, -0.2) is 9.80 Å². The summed E-state index contributed by atoms with van der Waals surface area (Å²) in [5, 5.41) is 10.3. The van der Waals surface area contributed by atoms with Gasteiger partial charge in [-0.3, -0.25) is 15.0 Å². The Labute approximate surface area is 181 Å². The van der Waals surface area contributed by atoms with E-state index in [1.54, 1.807) is 43.3 Å². The molecule has 1 unspecified atom stereocenters. The number of aliphatic carboxylic acids is 1. The van der Waals surface area contributed by atoms with Crippen molar-refractivity contribution in [2.45, 2.75) is 20.0 Å². The van der Waals surface area contributed by atoms with Gasteiger partial charge in [0.25, 0.3) is 11.8 Å². The van der Waals surface area contributed by atoms with Crippen molar-refractivity contribution in [2.75, 3.05) is 11.6 Å². The summed E-state index contributed by atoms with van der Waals surface area (Å²) in [5.74, 6) is -1.62. The van der Waals surface area contributed by atoms with Crippen LogP contribution in [0.3, 0.4) is 0 Å². The standard InChI is InChI=1S/C21H19BrN2O6/c1-3-29-17-11-13(10-16(22)18(17)30-12(2)21(27)28)9-15-19(25)23-24(20(15)26)14-7-5-4-6-8-14/h4-12H,3H2,1-2H3,(H,23,25)(H,27,28). The minimum absolute atomic E-state index is 0.0410. The summed E-state index contributed by atoms with van der Waals surface area (Å²) in [6, 6.07) is 11.9. The number of ether oxygens (including phenoxy) is 2. The zero-order chi connectivity index (χ0) is 21.8. The Bertz CT molecular complexity index is 1020. The summed E-state index contributed by atoms with van der Waals surface area (Å²) < 4.78 is 11.5. The molecule has 1 atom stereocenters. The van der Waals surface area contributed by atoms with E-state index in [4.69, 9.17) is 14.6 Å². The van der Waals surface area contributed by atoms with Crippen molar-refractivity contribution < 1.29 is 29.0 Å². The van der Waals surface area contributed by atoms with E-state index in [9.17, 15) is 14.4 Å². The molecule has 0 aromatic heterocycles. The van der Waals surface area contributed by atoms with Crippen LogP contribution in [0, 0.1) is 0 Å². The van der Waals surface area contributed by atoms with Gasteiger partial charge in [-0.15, -0.1) is 0 Å². The van der Waals surface area contributed by atoms with Gasteiger partial charge in [0.15, 0.2) is 17.6 Å². The Morgan fingerprint density at radius 3 is 2.60 bits per heavy atom. The van der Waals surface area contributed by atoms with Gasteiger partial charge in [0.1, 0.15) is 5.57 Å². The number of benzene rings is 2. The first-order valence-corrected chi connectivity index (χ1v) is 9.89. The highest BCUT2D eigenvalue weighted by Gasteiger charge is 2.34. The molecule has 30 heavy (non-hydrogen) atoms. The fourth-order valence-corrected chi connectivity index (χ4v) is 3.31. The fourth-order valence-electron chi connectivity index (χ4n) is 2.76. The molecular formula is C21H19BrN2O6. The molecule has 1 fully saturated rings. The van der Waals surface area contributed by atoms with E-state index in [1.165, 1.54) is 18.0 Å². The molecule has 0 bridgehead atoms. The van der Waals surface area contributed by atoms with Crippen LogP contribution in [0.5, 0.6) is 11.5 Å². The first kappa shape index (κ1) is 21.4. The molecule has 1 aliphatic heterocycles. The predicted molar refractivity (Wildman–Crippen MR) is 113 cm³/mol. The molecule has 0 spiro atoms. The maximum absolute atomic E-state index is 12.7. The summed E-state index contributed by atoms with van der Waals surface area (Å²) in [6.45, 7) is 3.49. The number of hydrogen-bond acceptors (Lipinski definition) is 5. The molecule has 9 heteroatoms. The van der Waals surface area contributed by atoms with Crippen LogP contribution >= 0.6 is 15.9 Å². The summed E-state index contributed by atoms with van der Waals surface area (Å²) in [6.07, 6.45) is 0.351. The number of hydrazine groups is 1. The lowest BCUT2D eigenvalue weighted by molar-refractivity contribution is -0.144. The molecule has 0 aliphatic carbocycles. The molecule has 1 saturated heterocycles. The van der Waals surface area contributed by atoms with E-state index in [-0.39, 0.29) is 17.1 Å². The zero-order valence-corrected chi connectivity index (χ0v) is 17.8. The van der Waals surface area contributed by atoms with Gasteiger partial charge >= 0.3 is 5.97 Å². The van der Waals surface area contributed by atoms with Crippen molar-refractivity contribution in [1.82, 2.24) is 5.43 Å². The van der Waals surface area contributed by atoms with Crippen molar-refractivity contribution in [1.29, 1.82) is 0 Å². The molecule has 1 aliphatic rings. The number of anilines is 1. The molecule has 2 aromatic carbocycles. The van der Waals surface area contributed by atoms with Crippen molar-refractivity contribution in [3.05, 3.63) is 58.1 Å². The summed E-state index contributed by atoms with van der Waals surface area (Å²) >= 11 is 3.35. The second-order valence-electron chi connectivity index (χ2n) is 6.34. The van der Waals surface area contributed by atoms with Gasteiger partial charge in [0.05, 0.1) is 16.8 Å². The summed E-state index contributed by atoms with van der Waals surface area (Å²) in [4.78, 5) is 36.2. The van der Waals surface area contributed by atoms with Crippen LogP contribution in [-0.2, 0) is 14.4 Å². The molecule has 2 N–H and O–H groups in total. The molecule has 1 heterocycles. The monoisotopic (exact) mass is 474 g/mol. The molecule has 2 aromatic rings. The summed E-state index contributed by atoms with van der Waals surface area (Å²) in [7, 11) is 0. The molecular weight excluding hydrogens is 456 g/mol. The van der Waals surface area contributed by atoms with Crippen LogP contribution in [0.25, 0.3) is 6.08 Å². The Hall–Kier alpha value is -3.33. The predicted octanol–water partition coefficient (Wildman–Crippen LogP) is 3.16. The Balaban J connectivity index is 1.95. The van der Waals surface area contributed by atoms with Crippen molar-refractivity contribution >= 4 is 45.5 Å². The van der Waals surface area contributed by atoms with Gasteiger partial charge in [-0.05, 0) is 65.7 Å².